The molecule has 3 aromatic rings. The zero-order valence-electron chi connectivity index (χ0n) is 41.8. The molecule has 0 atom stereocenters. The third kappa shape index (κ3) is 12.0. The van der Waals surface area contributed by atoms with Crippen LogP contribution in [0.3, 0.4) is 0 Å². The second-order valence-electron chi connectivity index (χ2n) is 19.4. The summed E-state index contributed by atoms with van der Waals surface area (Å²) in [6.45, 7) is 16.6. The molecule has 1 radical (unpaired) electrons. The van der Waals surface area contributed by atoms with Crippen molar-refractivity contribution in [3.63, 3.8) is 0 Å². The number of fused-ring (bicyclic) bond motifs is 8. The van der Waals surface area contributed by atoms with Crippen LogP contribution < -0.4 is 0 Å². The van der Waals surface area contributed by atoms with Crippen molar-refractivity contribution >= 4 is 68.8 Å². The molecule has 9 rings (SSSR count). The van der Waals surface area contributed by atoms with Gasteiger partial charge in [-0.15, -0.1) is 0 Å². The first kappa shape index (κ1) is 49.7. The Kier molecular flexibility index (Phi) is 17.4. The molecule has 1 N–H and O–H groups in total. The van der Waals surface area contributed by atoms with E-state index >= 15 is 0 Å². The van der Waals surface area contributed by atoms with Crippen LogP contribution in [0.1, 0.15) is 144 Å². The standard InChI is InChI=1S/C60H74N8.Mn/c1-5-9-13-31-64-35-17-21-46(42-64)57-55-30-29-52(63-55)40-51-26-25-49(61-51)39-50-27-28-53(62-50)41-56-58(47-22-18-36-65(43-47)32-14-10-6-2)59(48-23-19-37-66(44-48)33-15-11-7-3)60(57)68(56)54-24-20-38-67(45-54)34-16-12-8-4;/h17-30,35-41,61H,5-16,31-34,42-45H2,1-4H3;. The Bertz CT molecular complexity index is 2780. The Labute approximate surface area is 423 Å². The number of hydrogen-bond donors (Lipinski definition) is 1. The second kappa shape index (κ2) is 24.2. The molecule has 0 saturated heterocycles. The van der Waals surface area contributed by atoms with Crippen molar-refractivity contribution in [2.24, 2.45) is 0 Å². The molecule has 9 heterocycles. The zero-order chi connectivity index (χ0) is 46.7. The Morgan fingerprint density at radius 3 is 1.42 bits per heavy atom. The van der Waals surface area contributed by atoms with Gasteiger partial charge in [-0.1, -0.05) is 97.3 Å². The molecule has 361 valence electrons. The van der Waals surface area contributed by atoms with Crippen LogP contribution in [0.15, 0.2) is 104 Å². The molecular weight excluding hydrogens is 888 g/mol. The molecule has 6 aliphatic heterocycles. The molecule has 3 aromatic heterocycles. The van der Waals surface area contributed by atoms with Crippen LogP contribution in [0.2, 0.25) is 0 Å². The van der Waals surface area contributed by atoms with Crippen LogP contribution in [-0.4, -0.2) is 91.5 Å². The van der Waals surface area contributed by atoms with Crippen molar-refractivity contribution in [1.29, 1.82) is 0 Å². The maximum absolute atomic E-state index is 5.61. The summed E-state index contributed by atoms with van der Waals surface area (Å²) in [7, 11) is 0. The summed E-state index contributed by atoms with van der Waals surface area (Å²) in [4.78, 5) is 24.7. The summed E-state index contributed by atoms with van der Waals surface area (Å²) in [6.07, 6.45) is 51.2. The number of aromatic amines is 1. The molecule has 8 nitrogen and oxygen atoms in total. The number of allylic oxidation sites excluding steroid dienone is 8. The van der Waals surface area contributed by atoms with E-state index in [1.165, 1.54) is 127 Å². The fraction of sp³-hybridized carbons (Fsp3) is 0.400. The summed E-state index contributed by atoms with van der Waals surface area (Å²) >= 11 is 0. The van der Waals surface area contributed by atoms with Gasteiger partial charge in [0.05, 0.1) is 40.4 Å². The topological polar surface area (TPSA) is 59.5 Å². The van der Waals surface area contributed by atoms with Gasteiger partial charge >= 0.3 is 0 Å². The molecule has 0 spiro atoms. The minimum absolute atomic E-state index is 0. The fourth-order valence-electron chi connectivity index (χ4n) is 10.5. The van der Waals surface area contributed by atoms with Gasteiger partial charge in [0, 0.05) is 96.3 Å². The molecular formula is C60H74MnN8. The minimum Gasteiger partial charge on any atom is -0.373 e. The van der Waals surface area contributed by atoms with Crippen molar-refractivity contribution < 1.29 is 17.1 Å². The zero-order valence-corrected chi connectivity index (χ0v) is 43.0. The van der Waals surface area contributed by atoms with Crippen molar-refractivity contribution in [3.8, 4) is 0 Å². The van der Waals surface area contributed by atoms with Gasteiger partial charge in [-0.3, -0.25) is 0 Å². The Morgan fingerprint density at radius 1 is 0.464 bits per heavy atom. The third-order valence-corrected chi connectivity index (χ3v) is 14.0. The van der Waals surface area contributed by atoms with Gasteiger partial charge in [-0.25, -0.2) is 9.97 Å². The van der Waals surface area contributed by atoms with Crippen molar-refractivity contribution in [1.82, 2.24) is 39.1 Å². The number of rotatable bonds is 20. The smallest absolute Gasteiger partial charge is 0.0734 e. The fourth-order valence-corrected chi connectivity index (χ4v) is 10.5. The Balaban J connectivity index is 0.00000642. The van der Waals surface area contributed by atoms with E-state index in [0.717, 1.165) is 86.2 Å². The van der Waals surface area contributed by atoms with Crippen LogP contribution >= 0.6 is 0 Å². The van der Waals surface area contributed by atoms with Crippen LogP contribution in [-0.2, 0) is 17.1 Å². The van der Waals surface area contributed by atoms with E-state index in [0.29, 0.717) is 0 Å². The van der Waals surface area contributed by atoms with Gasteiger partial charge in [0.25, 0.3) is 0 Å². The first-order chi connectivity index (χ1) is 33.5. The molecule has 69 heavy (non-hydrogen) atoms. The molecule has 6 aliphatic rings. The van der Waals surface area contributed by atoms with Gasteiger partial charge in [0.2, 0.25) is 0 Å². The molecule has 0 unspecified atom stereocenters. The summed E-state index contributed by atoms with van der Waals surface area (Å²) < 4.78 is 2.66. The van der Waals surface area contributed by atoms with E-state index in [1.807, 2.05) is 0 Å². The Morgan fingerprint density at radius 2 is 0.899 bits per heavy atom. The largest absolute Gasteiger partial charge is 0.373 e. The van der Waals surface area contributed by atoms with E-state index in [1.54, 1.807) is 0 Å². The van der Waals surface area contributed by atoms with Gasteiger partial charge in [0.15, 0.2) is 0 Å². The molecule has 0 saturated carbocycles. The first-order valence-corrected chi connectivity index (χ1v) is 26.2. The number of nitrogens with one attached hydrogen (secondary N) is 1. The first-order valence-electron chi connectivity index (χ1n) is 26.2. The average Bonchev–Trinajstić information content (AvgIpc) is 4.18. The molecule has 0 aromatic carbocycles. The van der Waals surface area contributed by atoms with Crippen LogP contribution in [0.5, 0.6) is 0 Å². The monoisotopic (exact) mass is 962 g/mol. The van der Waals surface area contributed by atoms with Crippen molar-refractivity contribution in [2.45, 2.75) is 105 Å². The second-order valence-corrected chi connectivity index (χ2v) is 19.4. The summed E-state index contributed by atoms with van der Waals surface area (Å²) in [5, 5.41) is 0. The van der Waals surface area contributed by atoms with E-state index in [2.05, 4.69) is 185 Å². The molecule has 0 amide bonds. The molecule has 9 heteroatoms. The van der Waals surface area contributed by atoms with E-state index < -0.39 is 0 Å². The Hall–Kier alpha value is -5.76. The van der Waals surface area contributed by atoms with E-state index in [9.17, 15) is 0 Å². The SMILES string of the molecule is CCCCCN1C=CC=C(c2c(C3=CC=CN(CCCCC)C3)c3c(C4=CC=CN(CCCCC)C4)c4nc(cc5ccc(cc6nc(cc2n3C2=CC=CN(CCCCC)C2)C=C6)[nH]5)C=C4)C1.[Mn]. The maximum Gasteiger partial charge on any atom is 0.0734 e. The predicted octanol–water partition coefficient (Wildman–Crippen LogP) is 14.2. The molecule has 0 aliphatic carbocycles. The summed E-state index contributed by atoms with van der Waals surface area (Å²) in [5.74, 6) is 0. The number of hydrogen-bond acceptors (Lipinski definition) is 6. The normalized spacial score (nSPS) is 16.3. The average molecular weight is 962 g/mol. The number of aromatic nitrogens is 4. The third-order valence-electron chi connectivity index (χ3n) is 14.0. The minimum atomic E-state index is 0. The van der Waals surface area contributed by atoms with Gasteiger partial charge in [0.1, 0.15) is 0 Å². The maximum atomic E-state index is 5.61. The quantitative estimate of drug-likeness (QED) is 0.0620. The van der Waals surface area contributed by atoms with Crippen LogP contribution in [0.4, 0.5) is 0 Å². The van der Waals surface area contributed by atoms with Crippen LogP contribution in [0.25, 0.3) is 68.8 Å². The summed E-state index contributed by atoms with van der Waals surface area (Å²) in [5.41, 5.74) is 17.3. The van der Waals surface area contributed by atoms with Gasteiger partial charge in [-0.05, 0) is 152 Å². The van der Waals surface area contributed by atoms with E-state index in [-0.39, 0.29) is 17.1 Å². The van der Waals surface area contributed by atoms with Crippen molar-refractivity contribution in [3.05, 3.63) is 143 Å². The van der Waals surface area contributed by atoms with Crippen LogP contribution in [0, 0.1) is 0 Å². The predicted molar refractivity (Wildman–Crippen MR) is 292 cm³/mol. The van der Waals surface area contributed by atoms with Crippen molar-refractivity contribution in [2.75, 3.05) is 52.4 Å². The number of H-pyrrole nitrogens is 1. The van der Waals surface area contributed by atoms with Gasteiger partial charge in [-0.2, -0.15) is 0 Å². The summed E-state index contributed by atoms with van der Waals surface area (Å²) in [6, 6.07) is 11.0. The molecule has 0 fully saturated rings. The number of unbranched alkanes of at least 4 members (excludes halogenated alkanes) is 8. The number of nitrogens with zero attached hydrogens (tertiary/aromatic N) is 7. The molecule has 8 bridgehead atoms. The van der Waals surface area contributed by atoms with Gasteiger partial charge < -0.3 is 29.2 Å². The van der Waals surface area contributed by atoms with E-state index in [4.69, 9.17) is 9.97 Å².